The van der Waals surface area contributed by atoms with E-state index >= 15 is 0 Å². The summed E-state index contributed by atoms with van der Waals surface area (Å²) in [6.45, 7) is 0.517. The SMILES string of the molecule is COc1ccc(N(C)c2nc(Cl)nc3c2ncn3Cc2cc(OC)cc(OC)c2)cc1. The Balaban J connectivity index is 1.73. The lowest BCUT2D eigenvalue weighted by atomic mass is 10.2. The van der Waals surface area contributed by atoms with E-state index in [1.54, 1.807) is 27.7 Å². The molecule has 2 aromatic carbocycles. The Morgan fingerprint density at radius 3 is 2.16 bits per heavy atom. The lowest BCUT2D eigenvalue weighted by Crippen LogP contribution is -2.13. The fraction of sp³-hybridized carbons (Fsp3) is 0.227. The summed E-state index contributed by atoms with van der Waals surface area (Å²) in [5, 5.41) is 0.146. The summed E-state index contributed by atoms with van der Waals surface area (Å²) in [4.78, 5) is 15.3. The van der Waals surface area contributed by atoms with Crippen molar-refractivity contribution in [2.45, 2.75) is 6.54 Å². The lowest BCUT2D eigenvalue weighted by molar-refractivity contribution is 0.393. The van der Waals surface area contributed by atoms with Crippen LogP contribution in [0.15, 0.2) is 48.8 Å². The molecule has 31 heavy (non-hydrogen) atoms. The van der Waals surface area contributed by atoms with Crippen LogP contribution in [0.4, 0.5) is 11.5 Å². The first-order valence-corrected chi connectivity index (χ1v) is 9.88. The predicted molar refractivity (Wildman–Crippen MR) is 120 cm³/mol. The van der Waals surface area contributed by atoms with Gasteiger partial charge in [-0.05, 0) is 53.6 Å². The van der Waals surface area contributed by atoms with Crippen molar-refractivity contribution in [3.63, 3.8) is 0 Å². The highest BCUT2D eigenvalue weighted by molar-refractivity contribution is 6.28. The number of imidazole rings is 1. The van der Waals surface area contributed by atoms with Crippen molar-refractivity contribution in [2.75, 3.05) is 33.3 Å². The number of aromatic nitrogens is 4. The standard InChI is InChI=1S/C22H22ClN5O3/c1-27(15-5-7-16(29-2)8-6-15)20-19-21(26-22(23)25-20)28(13-24-19)12-14-9-17(30-3)11-18(10-14)31-4/h5-11,13H,12H2,1-4H3. The number of fused-ring (bicyclic) bond motifs is 1. The summed E-state index contributed by atoms with van der Waals surface area (Å²) in [5.74, 6) is 2.82. The van der Waals surface area contributed by atoms with Gasteiger partial charge in [0, 0.05) is 18.8 Å². The molecular weight excluding hydrogens is 418 g/mol. The molecule has 4 rings (SSSR count). The number of hydrogen-bond acceptors (Lipinski definition) is 7. The van der Waals surface area contributed by atoms with Crippen molar-refractivity contribution in [1.82, 2.24) is 19.5 Å². The van der Waals surface area contributed by atoms with Gasteiger partial charge in [-0.25, -0.2) is 4.98 Å². The molecule has 0 amide bonds. The summed E-state index contributed by atoms with van der Waals surface area (Å²) < 4.78 is 17.9. The maximum absolute atomic E-state index is 6.28. The molecule has 0 unspecified atom stereocenters. The Bertz CT molecular complexity index is 1190. The van der Waals surface area contributed by atoms with Crippen LogP contribution in [0.3, 0.4) is 0 Å². The average molecular weight is 440 g/mol. The highest BCUT2D eigenvalue weighted by atomic mass is 35.5. The van der Waals surface area contributed by atoms with Gasteiger partial charge in [0.2, 0.25) is 5.28 Å². The summed E-state index contributed by atoms with van der Waals surface area (Å²) in [6.07, 6.45) is 1.73. The molecule has 0 radical (unpaired) electrons. The fourth-order valence-electron chi connectivity index (χ4n) is 3.34. The van der Waals surface area contributed by atoms with Gasteiger partial charge in [0.25, 0.3) is 0 Å². The number of hydrogen-bond donors (Lipinski definition) is 0. The third-order valence-corrected chi connectivity index (χ3v) is 5.13. The Hall–Kier alpha value is -3.52. The summed E-state index contributed by atoms with van der Waals surface area (Å²) in [7, 11) is 6.79. The van der Waals surface area contributed by atoms with E-state index < -0.39 is 0 Å². The van der Waals surface area contributed by atoms with Crippen molar-refractivity contribution in [3.05, 3.63) is 59.6 Å². The molecule has 2 heterocycles. The molecule has 0 aliphatic rings. The molecule has 0 aliphatic carbocycles. The second-order valence-electron chi connectivity index (χ2n) is 6.84. The topological polar surface area (TPSA) is 74.5 Å². The van der Waals surface area contributed by atoms with Crippen LogP contribution in [0, 0.1) is 0 Å². The molecule has 9 heteroatoms. The van der Waals surface area contributed by atoms with Crippen LogP contribution < -0.4 is 19.1 Å². The van der Waals surface area contributed by atoms with Crippen molar-refractivity contribution in [3.8, 4) is 17.2 Å². The van der Waals surface area contributed by atoms with Crippen LogP contribution in [0.1, 0.15) is 5.56 Å². The maximum Gasteiger partial charge on any atom is 0.226 e. The van der Waals surface area contributed by atoms with Crippen LogP contribution in [-0.4, -0.2) is 47.9 Å². The minimum absolute atomic E-state index is 0.146. The quantitative estimate of drug-likeness (QED) is 0.397. The van der Waals surface area contributed by atoms with Gasteiger partial charge in [0.05, 0.1) is 34.2 Å². The monoisotopic (exact) mass is 439 g/mol. The van der Waals surface area contributed by atoms with E-state index in [1.165, 1.54) is 0 Å². The number of rotatable bonds is 7. The van der Waals surface area contributed by atoms with E-state index in [9.17, 15) is 0 Å². The first kappa shape index (κ1) is 20.7. The van der Waals surface area contributed by atoms with Crippen LogP contribution in [0.5, 0.6) is 17.2 Å². The third-order valence-electron chi connectivity index (χ3n) is 4.96. The Morgan fingerprint density at radius 1 is 0.903 bits per heavy atom. The van der Waals surface area contributed by atoms with E-state index in [4.69, 9.17) is 25.8 Å². The fourth-order valence-corrected chi connectivity index (χ4v) is 3.50. The summed E-state index contributed by atoms with van der Waals surface area (Å²) in [6, 6.07) is 13.4. The predicted octanol–water partition coefficient (Wildman–Crippen LogP) is 4.32. The van der Waals surface area contributed by atoms with E-state index in [0.29, 0.717) is 35.0 Å². The van der Waals surface area contributed by atoms with Gasteiger partial charge in [-0.1, -0.05) is 0 Å². The first-order valence-electron chi connectivity index (χ1n) is 9.50. The third kappa shape index (κ3) is 4.20. The molecule has 8 nitrogen and oxygen atoms in total. The van der Waals surface area contributed by atoms with Gasteiger partial charge in [0.1, 0.15) is 17.2 Å². The van der Waals surface area contributed by atoms with Crippen LogP contribution in [0.2, 0.25) is 5.28 Å². The second kappa shape index (κ2) is 8.69. The highest BCUT2D eigenvalue weighted by Crippen LogP contribution is 2.31. The highest BCUT2D eigenvalue weighted by Gasteiger charge is 2.17. The Kier molecular flexibility index (Phi) is 5.81. The van der Waals surface area contributed by atoms with E-state index in [1.807, 2.05) is 59.0 Å². The van der Waals surface area contributed by atoms with Crippen molar-refractivity contribution in [2.24, 2.45) is 0 Å². The molecule has 4 aromatic rings. The first-order chi connectivity index (χ1) is 15.0. The normalized spacial score (nSPS) is 10.9. The number of methoxy groups -OCH3 is 3. The summed E-state index contributed by atoms with van der Waals surface area (Å²) in [5.41, 5.74) is 3.19. The molecule has 0 N–H and O–H groups in total. The Morgan fingerprint density at radius 2 is 1.55 bits per heavy atom. The number of nitrogens with zero attached hydrogens (tertiary/aromatic N) is 5. The summed E-state index contributed by atoms with van der Waals surface area (Å²) >= 11 is 6.28. The molecule has 0 saturated carbocycles. The average Bonchev–Trinajstić information content (AvgIpc) is 3.20. The van der Waals surface area contributed by atoms with Gasteiger partial charge in [-0.2, -0.15) is 9.97 Å². The van der Waals surface area contributed by atoms with E-state index in [0.717, 1.165) is 17.0 Å². The van der Waals surface area contributed by atoms with Crippen molar-refractivity contribution >= 4 is 34.3 Å². The van der Waals surface area contributed by atoms with E-state index in [2.05, 4.69) is 15.0 Å². The minimum Gasteiger partial charge on any atom is -0.497 e. The van der Waals surface area contributed by atoms with Gasteiger partial charge < -0.3 is 23.7 Å². The molecule has 0 atom stereocenters. The molecule has 160 valence electrons. The van der Waals surface area contributed by atoms with Gasteiger partial charge in [-0.3, -0.25) is 0 Å². The minimum atomic E-state index is 0.146. The molecule has 0 aliphatic heterocycles. The second-order valence-corrected chi connectivity index (χ2v) is 7.18. The van der Waals surface area contributed by atoms with Crippen LogP contribution in [0.25, 0.3) is 11.2 Å². The molecular formula is C22H22ClN5O3. The van der Waals surface area contributed by atoms with Gasteiger partial charge >= 0.3 is 0 Å². The smallest absolute Gasteiger partial charge is 0.226 e. The molecule has 2 aromatic heterocycles. The van der Waals surface area contributed by atoms with Crippen LogP contribution >= 0.6 is 11.6 Å². The Labute approximate surface area is 185 Å². The zero-order chi connectivity index (χ0) is 22.0. The van der Waals surface area contributed by atoms with E-state index in [-0.39, 0.29) is 5.28 Å². The molecule has 0 saturated heterocycles. The largest absolute Gasteiger partial charge is 0.497 e. The maximum atomic E-state index is 6.28. The number of ether oxygens (including phenoxy) is 3. The van der Waals surface area contributed by atoms with Gasteiger partial charge in [-0.15, -0.1) is 0 Å². The number of benzene rings is 2. The van der Waals surface area contributed by atoms with Crippen molar-refractivity contribution in [1.29, 1.82) is 0 Å². The molecule has 0 bridgehead atoms. The zero-order valence-corrected chi connectivity index (χ0v) is 18.4. The molecule has 0 spiro atoms. The zero-order valence-electron chi connectivity index (χ0n) is 17.7. The van der Waals surface area contributed by atoms with Gasteiger partial charge in [0.15, 0.2) is 17.0 Å². The molecule has 0 fully saturated rings. The van der Waals surface area contributed by atoms with Crippen LogP contribution in [-0.2, 0) is 6.54 Å². The number of anilines is 2. The number of halogens is 1. The lowest BCUT2D eigenvalue weighted by Gasteiger charge is -2.19. The van der Waals surface area contributed by atoms with Crippen molar-refractivity contribution < 1.29 is 14.2 Å².